The number of hydrogen-bond acceptors (Lipinski definition) is 2. The van der Waals surface area contributed by atoms with Gasteiger partial charge >= 0.3 is 0 Å². The number of rotatable bonds is 10. The second kappa shape index (κ2) is 10.4. The molecule has 0 radical (unpaired) electrons. The molecule has 0 bridgehead atoms. The summed E-state index contributed by atoms with van der Waals surface area (Å²) in [6.45, 7) is 4.44. The van der Waals surface area contributed by atoms with Crippen molar-refractivity contribution >= 4 is 0 Å². The lowest BCUT2D eigenvalue weighted by atomic mass is 9.98. The van der Waals surface area contributed by atoms with E-state index in [-0.39, 0.29) is 12.1 Å². The first kappa shape index (κ1) is 14.9. The second-order valence-electron chi connectivity index (χ2n) is 4.67. The van der Waals surface area contributed by atoms with Gasteiger partial charge in [-0.15, -0.1) is 0 Å². The average molecular weight is 214 g/mol. The Hall–Kier alpha value is -0.0800. The Morgan fingerprint density at radius 2 is 1.13 bits per heavy atom. The Balaban J connectivity index is 3.34. The van der Waals surface area contributed by atoms with Crippen molar-refractivity contribution in [3.8, 4) is 0 Å². The molecule has 0 fully saturated rings. The maximum Gasteiger partial charge on any atom is 0.0192 e. The Morgan fingerprint density at radius 1 is 0.667 bits per heavy atom. The predicted molar refractivity (Wildman–Crippen MR) is 68.9 cm³/mol. The minimum Gasteiger partial charge on any atom is -0.326 e. The van der Waals surface area contributed by atoms with Crippen LogP contribution in [0, 0.1) is 0 Å². The molecular weight excluding hydrogens is 184 g/mol. The second-order valence-corrected chi connectivity index (χ2v) is 4.67. The highest BCUT2D eigenvalue weighted by molar-refractivity contribution is 4.75. The Bertz CT molecular complexity index is 126. The lowest BCUT2D eigenvalue weighted by Crippen LogP contribution is -2.41. The lowest BCUT2D eigenvalue weighted by molar-refractivity contribution is 0.437. The average Bonchev–Trinajstić information content (AvgIpc) is 2.25. The van der Waals surface area contributed by atoms with Crippen LogP contribution in [-0.4, -0.2) is 12.1 Å². The fraction of sp³-hybridized carbons (Fsp3) is 1.00. The van der Waals surface area contributed by atoms with Crippen molar-refractivity contribution in [3.63, 3.8) is 0 Å². The van der Waals surface area contributed by atoms with Gasteiger partial charge in [0.15, 0.2) is 0 Å². The molecule has 4 N–H and O–H groups in total. The molecule has 15 heavy (non-hydrogen) atoms. The van der Waals surface area contributed by atoms with E-state index >= 15 is 0 Å². The van der Waals surface area contributed by atoms with Crippen molar-refractivity contribution in [1.82, 2.24) is 0 Å². The van der Waals surface area contributed by atoms with Crippen LogP contribution in [0.2, 0.25) is 0 Å². The van der Waals surface area contributed by atoms with Crippen molar-refractivity contribution in [2.24, 2.45) is 11.5 Å². The lowest BCUT2D eigenvalue weighted by Gasteiger charge is -2.19. The predicted octanol–water partition coefficient (Wildman–Crippen LogP) is 3.19. The van der Waals surface area contributed by atoms with Gasteiger partial charge in [-0.3, -0.25) is 0 Å². The summed E-state index contributed by atoms with van der Waals surface area (Å²) in [7, 11) is 0. The van der Waals surface area contributed by atoms with Crippen molar-refractivity contribution < 1.29 is 0 Å². The van der Waals surface area contributed by atoms with Crippen molar-refractivity contribution in [2.75, 3.05) is 0 Å². The molecule has 0 aromatic carbocycles. The molecule has 0 aliphatic rings. The van der Waals surface area contributed by atoms with Crippen LogP contribution in [0.15, 0.2) is 0 Å². The molecule has 0 saturated heterocycles. The minimum absolute atomic E-state index is 0.219. The first-order valence-corrected chi connectivity index (χ1v) is 6.73. The summed E-state index contributed by atoms with van der Waals surface area (Å²) in [5.74, 6) is 0. The van der Waals surface area contributed by atoms with Crippen LogP contribution in [0.4, 0.5) is 0 Å². The standard InChI is InChI=1S/C13H30N2/c1-3-5-7-8-9-11-13(15)12(14)10-6-4-2/h12-13H,3-11,14-15H2,1-2H3. The monoisotopic (exact) mass is 214 g/mol. The molecule has 0 aliphatic heterocycles. The van der Waals surface area contributed by atoms with Crippen LogP contribution >= 0.6 is 0 Å². The molecule has 2 unspecified atom stereocenters. The minimum atomic E-state index is 0.219. The quantitative estimate of drug-likeness (QED) is 0.549. The summed E-state index contributed by atoms with van der Waals surface area (Å²) in [4.78, 5) is 0. The third-order valence-corrected chi connectivity index (χ3v) is 3.08. The molecule has 0 heterocycles. The highest BCUT2D eigenvalue weighted by Gasteiger charge is 2.11. The van der Waals surface area contributed by atoms with E-state index in [0.29, 0.717) is 0 Å². The van der Waals surface area contributed by atoms with E-state index in [2.05, 4.69) is 13.8 Å². The highest BCUT2D eigenvalue weighted by Crippen LogP contribution is 2.10. The van der Waals surface area contributed by atoms with Gasteiger partial charge in [0.05, 0.1) is 0 Å². The summed E-state index contributed by atoms with van der Waals surface area (Å²) < 4.78 is 0. The maximum atomic E-state index is 6.05. The zero-order chi connectivity index (χ0) is 11.5. The summed E-state index contributed by atoms with van der Waals surface area (Å²) in [6.07, 6.45) is 11.2. The normalized spacial score (nSPS) is 15.2. The zero-order valence-electron chi connectivity index (χ0n) is 10.7. The molecule has 2 atom stereocenters. The number of nitrogens with two attached hydrogens (primary N) is 2. The van der Waals surface area contributed by atoms with Crippen LogP contribution in [0.25, 0.3) is 0 Å². The van der Waals surface area contributed by atoms with Crippen molar-refractivity contribution in [1.29, 1.82) is 0 Å². The third-order valence-electron chi connectivity index (χ3n) is 3.08. The SMILES string of the molecule is CCCCCCCC(N)C(N)CCCC. The largest absolute Gasteiger partial charge is 0.326 e. The summed E-state index contributed by atoms with van der Waals surface area (Å²) in [6, 6.07) is 0.439. The van der Waals surface area contributed by atoms with Crippen LogP contribution in [-0.2, 0) is 0 Å². The molecule has 0 amide bonds. The first-order chi connectivity index (χ1) is 7.22. The van der Waals surface area contributed by atoms with Gasteiger partial charge in [0.25, 0.3) is 0 Å². The molecule has 0 saturated carbocycles. The number of hydrogen-bond donors (Lipinski definition) is 2. The molecule has 0 aromatic rings. The molecule has 0 aromatic heterocycles. The molecule has 0 spiro atoms. The molecule has 0 rings (SSSR count). The van der Waals surface area contributed by atoms with Gasteiger partial charge in [-0.25, -0.2) is 0 Å². The molecule has 92 valence electrons. The van der Waals surface area contributed by atoms with Gasteiger partial charge < -0.3 is 11.5 Å². The summed E-state index contributed by atoms with van der Waals surface area (Å²) in [5.41, 5.74) is 12.1. The van der Waals surface area contributed by atoms with E-state index in [1.54, 1.807) is 0 Å². The fourth-order valence-corrected chi connectivity index (χ4v) is 1.85. The summed E-state index contributed by atoms with van der Waals surface area (Å²) in [5, 5.41) is 0. The van der Waals surface area contributed by atoms with Crippen LogP contribution < -0.4 is 11.5 Å². The Morgan fingerprint density at radius 3 is 1.67 bits per heavy atom. The van der Waals surface area contributed by atoms with Crippen LogP contribution in [0.5, 0.6) is 0 Å². The van der Waals surface area contributed by atoms with Crippen molar-refractivity contribution in [2.45, 2.75) is 83.7 Å². The van der Waals surface area contributed by atoms with Gasteiger partial charge in [0.1, 0.15) is 0 Å². The summed E-state index contributed by atoms with van der Waals surface area (Å²) >= 11 is 0. The van der Waals surface area contributed by atoms with E-state index in [4.69, 9.17) is 11.5 Å². The highest BCUT2D eigenvalue weighted by atomic mass is 14.8. The van der Waals surface area contributed by atoms with E-state index in [0.717, 1.165) is 12.8 Å². The van der Waals surface area contributed by atoms with Crippen LogP contribution in [0.3, 0.4) is 0 Å². The molecule has 2 nitrogen and oxygen atoms in total. The van der Waals surface area contributed by atoms with E-state index < -0.39 is 0 Å². The van der Waals surface area contributed by atoms with Gasteiger partial charge in [-0.2, -0.15) is 0 Å². The molecule has 0 aliphatic carbocycles. The Kier molecular flexibility index (Phi) is 10.4. The molecule has 2 heteroatoms. The number of unbranched alkanes of at least 4 members (excludes halogenated alkanes) is 5. The van der Waals surface area contributed by atoms with Gasteiger partial charge in [-0.05, 0) is 12.8 Å². The van der Waals surface area contributed by atoms with Crippen LogP contribution in [0.1, 0.15) is 71.6 Å². The fourth-order valence-electron chi connectivity index (χ4n) is 1.85. The maximum absolute atomic E-state index is 6.05. The first-order valence-electron chi connectivity index (χ1n) is 6.73. The zero-order valence-corrected chi connectivity index (χ0v) is 10.7. The smallest absolute Gasteiger partial charge is 0.0192 e. The third kappa shape index (κ3) is 8.88. The van der Waals surface area contributed by atoms with E-state index in [1.807, 2.05) is 0 Å². The van der Waals surface area contributed by atoms with Crippen molar-refractivity contribution in [3.05, 3.63) is 0 Å². The molecular formula is C13H30N2. The van der Waals surface area contributed by atoms with Gasteiger partial charge in [0, 0.05) is 12.1 Å². The Labute approximate surface area is 95.8 Å². The van der Waals surface area contributed by atoms with E-state index in [1.165, 1.54) is 44.9 Å². The van der Waals surface area contributed by atoms with Gasteiger partial charge in [-0.1, -0.05) is 58.8 Å². The van der Waals surface area contributed by atoms with E-state index in [9.17, 15) is 0 Å². The van der Waals surface area contributed by atoms with Gasteiger partial charge in [0.2, 0.25) is 0 Å². The topological polar surface area (TPSA) is 52.0 Å².